The van der Waals surface area contributed by atoms with Crippen molar-refractivity contribution < 1.29 is 14.3 Å². The van der Waals surface area contributed by atoms with Gasteiger partial charge in [0.05, 0.1) is 18.7 Å². The van der Waals surface area contributed by atoms with Crippen molar-refractivity contribution in [1.82, 2.24) is 20.0 Å². The third kappa shape index (κ3) is 3.42. The van der Waals surface area contributed by atoms with Crippen LogP contribution in [0.4, 0.5) is 0 Å². The normalized spacial score (nSPS) is 15.7. The maximum atomic E-state index is 13.0. The standard InChI is InChI=1S/C21H26N4O3/c1-3-28-21(27)20-17-13-25(10-8-18(17)23-24(20)2)19(26)11-14-5-4-6-15-12-22-9-7-16(14)15/h4-6,22H,3,7-13H2,1-2H3. The molecule has 1 amide bonds. The van der Waals surface area contributed by atoms with Gasteiger partial charge in [-0.25, -0.2) is 4.79 Å². The monoisotopic (exact) mass is 382 g/mol. The van der Waals surface area contributed by atoms with Gasteiger partial charge in [0.15, 0.2) is 5.69 Å². The van der Waals surface area contributed by atoms with Crippen LogP contribution in [-0.4, -0.2) is 46.3 Å². The van der Waals surface area contributed by atoms with Crippen molar-refractivity contribution in [2.45, 2.75) is 39.3 Å². The van der Waals surface area contributed by atoms with Gasteiger partial charge in [0.25, 0.3) is 0 Å². The molecule has 0 radical (unpaired) electrons. The number of carbonyl (C=O) groups excluding carboxylic acids is 2. The van der Waals surface area contributed by atoms with Gasteiger partial charge in [-0.05, 0) is 36.6 Å². The first kappa shape index (κ1) is 18.7. The Hall–Kier alpha value is -2.67. The number of rotatable bonds is 4. The van der Waals surface area contributed by atoms with E-state index in [1.807, 2.05) is 11.0 Å². The summed E-state index contributed by atoms with van der Waals surface area (Å²) in [7, 11) is 1.75. The minimum absolute atomic E-state index is 0.0937. The molecule has 2 aliphatic heterocycles. The van der Waals surface area contributed by atoms with Crippen LogP contribution in [-0.2, 0) is 48.9 Å². The third-order valence-corrected chi connectivity index (χ3v) is 5.60. The van der Waals surface area contributed by atoms with Crippen molar-refractivity contribution in [1.29, 1.82) is 0 Å². The summed E-state index contributed by atoms with van der Waals surface area (Å²) in [6.07, 6.45) is 2.01. The Morgan fingerprint density at radius 3 is 2.93 bits per heavy atom. The molecule has 3 heterocycles. The zero-order chi connectivity index (χ0) is 19.7. The molecule has 0 atom stereocenters. The fourth-order valence-electron chi connectivity index (χ4n) is 4.22. The number of benzene rings is 1. The maximum Gasteiger partial charge on any atom is 0.356 e. The molecule has 0 saturated heterocycles. The van der Waals surface area contributed by atoms with Crippen molar-refractivity contribution >= 4 is 11.9 Å². The summed E-state index contributed by atoms with van der Waals surface area (Å²) in [5.41, 5.74) is 5.87. The molecule has 148 valence electrons. The van der Waals surface area contributed by atoms with Gasteiger partial charge < -0.3 is 15.0 Å². The Labute approximate surface area is 164 Å². The summed E-state index contributed by atoms with van der Waals surface area (Å²) in [5.74, 6) is -0.283. The molecular formula is C21H26N4O3. The number of nitrogens with one attached hydrogen (secondary N) is 1. The molecule has 0 spiro atoms. The number of amides is 1. The first-order valence-electron chi connectivity index (χ1n) is 9.88. The van der Waals surface area contributed by atoms with Crippen molar-refractivity contribution in [3.63, 3.8) is 0 Å². The van der Waals surface area contributed by atoms with E-state index in [0.717, 1.165) is 36.3 Å². The van der Waals surface area contributed by atoms with Crippen LogP contribution < -0.4 is 5.32 Å². The number of hydrogen-bond acceptors (Lipinski definition) is 5. The number of aromatic nitrogens is 2. The highest BCUT2D eigenvalue weighted by Gasteiger charge is 2.30. The van der Waals surface area contributed by atoms with Crippen molar-refractivity contribution in [2.24, 2.45) is 7.05 Å². The van der Waals surface area contributed by atoms with Crippen LogP contribution in [0, 0.1) is 0 Å². The van der Waals surface area contributed by atoms with E-state index in [1.54, 1.807) is 18.7 Å². The maximum absolute atomic E-state index is 13.0. The highest BCUT2D eigenvalue weighted by atomic mass is 16.5. The fraction of sp³-hybridized carbons (Fsp3) is 0.476. The second-order valence-corrected chi connectivity index (χ2v) is 7.34. The van der Waals surface area contributed by atoms with Crippen LogP contribution in [0.1, 0.15) is 45.4 Å². The summed E-state index contributed by atoms with van der Waals surface area (Å²) >= 11 is 0. The van der Waals surface area contributed by atoms with Gasteiger partial charge >= 0.3 is 5.97 Å². The van der Waals surface area contributed by atoms with E-state index >= 15 is 0 Å². The Morgan fingerprint density at radius 1 is 1.25 bits per heavy atom. The minimum Gasteiger partial charge on any atom is -0.461 e. The van der Waals surface area contributed by atoms with E-state index in [4.69, 9.17) is 4.74 Å². The van der Waals surface area contributed by atoms with Crippen molar-refractivity contribution in [2.75, 3.05) is 19.7 Å². The number of carbonyl (C=O) groups is 2. The zero-order valence-electron chi connectivity index (χ0n) is 16.5. The Bertz CT molecular complexity index is 919. The van der Waals surface area contributed by atoms with E-state index in [-0.39, 0.29) is 11.9 Å². The first-order chi connectivity index (χ1) is 13.6. The molecule has 0 fully saturated rings. The molecule has 7 nitrogen and oxygen atoms in total. The highest BCUT2D eigenvalue weighted by molar-refractivity contribution is 5.90. The highest BCUT2D eigenvalue weighted by Crippen LogP contribution is 2.25. The second kappa shape index (κ2) is 7.75. The smallest absolute Gasteiger partial charge is 0.356 e. The van der Waals surface area contributed by atoms with E-state index < -0.39 is 0 Å². The number of hydrogen-bond donors (Lipinski definition) is 1. The molecule has 1 N–H and O–H groups in total. The summed E-state index contributed by atoms with van der Waals surface area (Å²) < 4.78 is 6.76. The van der Waals surface area contributed by atoms with Gasteiger partial charge in [0.2, 0.25) is 5.91 Å². The Morgan fingerprint density at radius 2 is 2.11 bits per heavy atom. The Balaban J connectivity index is 1.53. The zero-order valence-corrected chi connectivity index (χ0v) is 16.5. The number of esters is 1. The predicted octanol–water partition coefficient (Wildman–Crippen LogP) is 1.37. The van der Waals surface area contributed by atoms with Crippen molar-refractivity contribution in [3.05, 3.63) is 51.8 Å². The third-order valence-electron chi connectivity index (χ3n) is 5.60. The number of ether oxygens (including phenoxy) is 1. The lowest BCUT2D eigenvalue weighted by Crippen LogP contribution is -2.37. The molecule has 2 aliphatic rings. The lowest BCUT2D eigenvalue weighted by atomic mass is 9.93. The number of nitrogens with zero attached hydrogens (tertiary/aromatic N) is 3. The largest absolute Gasteiger partial charge is 0.461 e. The van der Waals surface area contributed by atoms with Gasteiger partial charge in [0.1, 0.15) is 0 Å². The van der Waals surface area contributed by atoms with Gasteiger partial charge in [-0.3, -0.25) is 9.48 Å². The fourth-order valence-corrected chi connectivity index (χ4v) is 4.22. The summed E-state index contributed by atoms with van der Waals surface area (Å²) in [4.78, 5) is 27.2. The molecule has 0 unspecified atom stereocenters. The molecule has 4 rings (SSSR count). The van der Waals surface area contributed by atoms with Crippen molar-refractivity contribution in [3.8, 4) is 0 Å². The number of fused-ring (bicyclic) bond motifs is 2. The van der Waals surface area contributed by atoms with Crippen LogP contribution in [0.15, 0.2) is 18.2 Å². The van der Waals surface area contributed by atoms with Gasteiger partial charge in [0, 0.05) is 38.7 Å². The summed E-state index contributed by atoms with van der Waals surface area (Å²) in [6, 6.07) is 6.22. The van der Waals surface area contributed by atoms with Crippen LogP contribution in [0.5, 0.6) is 0 Å². The van der Waals surface area contributed by atoms with E-state index in [9.17, 15) is 9.59 Å². The summed E-state index contributed by atoms with van der Waals surface area (Å²) in [6.45, 7) is 4.95. The average molecular weight is 382 g/mol. The predicted molar refractivity (Wildman–Crippen MR) is 104 cm³/mol. The molecule has 2 aromatic rings. The van der Waals surface area contributed by atoms with Crippen LogP contribution in [0.25, 0.3) is 0 Å². The lowest BCUT2D eigenvalue weighted by Gasteiger charge is -2.28. The number of aryl methyl sites for hydroxylation is 1. The molecule has 1 aromatic heterocycles. The molecule has 0 bridgehead atoms. The van der Waals surface area contributed by atoms with Gasteiger partial charge in [-0.15, -0.1) is 0 Å². The average Bonchev–Trinajstić information content (AvgIpc) is 3.03. The SMILES string of the molecule is CCOC(=O)c1c2c(nn1C)CCN(C(=O)Cc1cccc3c1CCNC3)C2. The first-order valence-corrected chi connectivity index (χ1v) is 9.88. The van der Waals surface area contributed by atoms with E-state index in [2.05, 4.69) is 22.5 Å². The molecule has 0 saturated carbocycles. The van der Waals surface area contributed by atoms with Crippen LogP contribution >= 0.6 is 0 Å². The topological polar surface area (TPSA) is 76.5 Å². The molecule has 7 heteroatoms. The summed E-state index contributed by atoms with van der Waals surface area (Å²) in [5, 5.41) is 7.84. The van der Waals surface area contributed by atoms with Crippen LogP contribution in [0.2, 0.25) is 0 Å². The lowest BCUT2D eigenvalue weighted by molar-refractivity contribution is -0.131. The molecule has 28 heavy (non-hydrogen) atoms. The minimum atomic E-state index is -0.377. The Kier molecular flexibility index (Phi) is 5.17. The van der Waals surface area contributed by atoms with Gasteiger partial charge in [-0.1, -0.05) is 18.2 Å². The quantitative estimate of drug-likeness (QED) is 0.809. The second-order valence-electron chi connectivity index (χ2n) is 7.34. The van der Waals surface area contributed by atoms with Gasteiger partial charge in [-0.2, -0.15) is 5.10 Å². The van der Waals surface area contributed by atoms with E-state index in [0.29, 0.717) is 38.2 Å². The van der Waals surface area contributed by atoms with Crippen LogP contribution in [0.3, 0.4) is 0 Å². The molecular weight excluding hydrogens is 356 g/mol. The van der Waals surface area contributed by atoms with E-state index in [1.165, 1.54) is 11.1 Å². The molecule has 0 aliphatic carbocycles. The molecule has 1 aromatic carbocycles.